The number of benzene rings is 1. The molecule has 3 rings (SSSR count). The Morgan fingerprint density at radius 1 is 1.08 bits per heavy atom. The first-order chi connectivity index (χ1) is 12.3. The molecule has 0 atom stereocenters. The van der Waals surface area contributed by atoms with Crippen molar-refractivity contribution in [1.29, 1.82) is 0 Å². The maximum Gasteiger partial charge on any atom is 0.416 e. The van der Waals surface area contributed by atoms with Crippen molar-refractivity contribution in [3.63, 3.8) is 0 Å². The van der Waals surface area contributed by atoms with Crippen LogP contribution in [0.3, 0.4) is 0 Å². The van der Waals surface area contributed by atoms with Gasteiger partial charge in [-0.15, -0.1) is 0 Å². The summed E-state index contributed by atoms with van der Waals surface area (Å²) >= 11 is 1.41. The molecule has 1 aromatic carbocycles. The van der Waals surface area contributed by atoms with Crippen LogP contribution in [0, 0.1) is 0 Å². The lowest BCUT2D eigenvalue weighted by atomic mass is 10.2. The van der Waals surface area contributed by atoms with Crippen molar-refractivity contribution in [3.05, 3.63) is 76.4 Å². The fourth-order valence-electron chi connectivity index (χ4n) is 2.37. The first-order valence-corrected chi connectivity index (χ1v) is 9.86. The molecule has 0 amide bonds. The van der Waals surface area contributed by atoms with Crippen molar-refractivity contribution in [2.24, 2.45) is 0 Å². The summed E-state index contributed by atoms with van der Waals surface area (Å²) in [6.07, 6.45) is -3.21. The van der Waals surface area contributed by atoms with Gasteiger partial charge in [-0.1, -0.05) is 6.07 Å². The van der Waals surface area contributed by atoms with Crippen LogP contribution in [0.1, 0.15) is 16.9 Å². The second kappa shape index (κ2) is 7.26. The minimum atomic E-state index is -4.62. The summed E-state index contributed by atoms with van der Waals surface area (Å²) in [4.78, 5) is -0.408. The van der Waals surface area contributed by atoms with Crippen LogP contribution in [-0.2, 0) is 29.3 Å². The first kappa shape index (κ1) is 18.7. The standard InChI is InChI=1S/C17H14F3NO3S2/c18-17(19,20)14-3-1-5-16(9-14)26(22,23)21(10-13-6-8-25-12-13)11-15-4-2-7-24-15/h1-9,12H,10-11H2. The van der Waals surface area contributed by atoms with Crippen molar-refractivity contribution in [2.45, 2.75) is 24.2 Å². The Kier molecular flexibility index (Phi) is 5.22. The number of nitrogens with zero attached hydrogens (tertiary/aromatic N) is 1. The third-order valence-corrected chi connectivity index (χ3v) is 6.17. The van der Waals surface area contributed by atoms with E-state index in [4.69, 9.17) is 4.42 Å². The quantitative estimate of drug-likeness (QED) is 0.599. The molecule has 138 valence electrons. The van der Waals surface area contributed by atoms with Crippen molar-refractivity contribution in [2.75, 3.05) is 0 Å². The van der Waals surface area contributed by atoms with Crippen LogP contribution in [0.2, 0.25) is 0 Å². The van der Waals surface area contributed by atoms with Gasteiger partial charge >= 0.3 is 6.18 Å². The second-order valence-corrected chi connectivity index (χ2v) is 8.23. The summed E-state index contributed by atoms with van der Waals surface area (Å²) in [5, 5.41) is 3.59. The molecule has 0 unspecified atom stereocenters. The molecule has 4 nitrogen and oxygen atoms in total. The molecule has 0 spiro atoms. The highest BCUT2D eigenvalue weighted by atomic mass is 32.2. The molecule has 2 heterocycles. The topological polar surface area (TPSA) is 50.5 Å². The molecule has 26 heavy (non-hydrogen) atoms. The molecule has 0 aliphatic carbocycles. The van der Waals surface area contributed by atoms with E-state index in [1.165, 1.54) is 17.6 Å². The summed E-state index contributed by atoms with van der Waals surface area (Å²) in [7, 11) is -4.16. The predicted molar refractivity (Wildman–Crippen MR) is 90.9 cm³/mol. The smallest absolute Gasteiger partial charge is 0.416 e. The van der Waals surface area contributed by atoms with Crippen molar-refractivity contribution >= 4 is 21.4 Å². The zero-order valence-electron chi connectivity index (χ0n) is 13.3. The molecular weight excluding hydrogens is 387 g/mol. The lowest BCUT2D eigenvalue weighted by molar-refractivity contribution is -0.137. The Balaban J connectivity index is 1.98. The molecule has 0 fully saturated rings. The van der Waals surface area contributed by atoms with E-state index in [1.54, 1.807) is 29.0 Å². The summed E-state index contributed by atoms with van der Waals surface area (Å²) in [6.45, 7) is -0.0514. The highest BCUT2D eigenvalue weighted by Gasteiger charge is 2.33. The van der Waals surface area contributed by atoms with Gasteiger partial charge in [0.1, 0.15) is 5.76 Å². The second-order valence-electron chi connectivity index (χ2n) is 5.51. The van der Waals surface area contributed by atoms with Gasteiger partial charge in [0.25, 0.3) is 0 Å². The van der Waals surface area contributed by atoms with Gasteiger partial charge in [-0.2, -0.15) is 28.8 Å². The molecule has 0 N–H and O–H groups in total. The van der Waals surface area contributed by atoms with Crippen LogP contribution in [-0.4, -0.2) is 12.7 Å². The number of hydrogen-bond acceptors (Lipinski definition) is 4. The molecular formula is C17H14F3NO3S2. The number of rotatable bonds is 6. The number of thiophene rings is 1. The molecule has 9 heteroatoms. The van der Waals surface area contributed by atoms with Crippen LogP contribution in [0.25, 0.3) is 0 Å². The van der Waals surface area contributed by atoms with E-state index in [0.29, 0.717) is 11.8 Å². The van der Waals surface area contributed by atoms with Gasteiger partial charge in [0.15, 0.2) is 0 Å². The van der Waals surface area contributed by atoms with Crippen molar-refractivity contribution in [1.82, 2.24) is 4.31 Å². The Bertz CT molecular complexity index is 913. The first-order valence-electron chi connectivity index (χ1n) is 7.48. The molecule has 0 bridgehead atoms. The predicted octanol–water partition coefficient (Wildman–Crippen LogP) is 4.75. The van der Waals surface area contributed by atoms with E-state index < -0.39 is 26.7 Å². The summed E-state index contributed by atoms with van der Waals surface area (Å²) in [6, 6.07) is 8.74. The van der Waals surface area contributed by atoms with E-state index >= 15 is 0 Å². The number of alkyl halides is 3. The molecule has 0 aliphatic rings. The highest BCUT2D eigenvalue weighted by Crippen LogP contribution is 2.31. The third-order valence-electron chi connectivity index (χ3n) is 3.65. The minimum absolute atomic E-state index is 0.0305. The van der Waals surface area contributed by atoms with Crippen LogP contribution < -0.4 is 0 Å². The zero-order valence-corrected chi connectivity index (χ0v) is 14.9. The average Bonchev–Trinajstić information content (AvgIpc) is 3.27. The number of hydrogen-bond donors (Lipinski definition) is 0. The lowest BCUT2D eigenvalue weighted by Gasteiger charge is -2.21. The van der Waals surface area contributed by atoms with Gasteiger partial charge in [0, 0.05) is 6.54 Å². The maximum atomic E-state index is 13.0. The van der Waals surface area contributed by atoms with E-state index in [1.807, 2.05) is 0 Å². The minimum Gasteiger partial charge on any atom is -0.468 e. The Hall–Kier alpha value is -2.10. The molecule has 2 aromatic heterocycles. The van der Waals surface area contributed by atoms with Gasteiger partial charge < -0.3 is 4.42 Å². The van der Waals surface area contributed by atoms with E-state index in [-0.39, 0.29) is 13.1 Å². The highest BCUT2D eigenvalue weighted by molar-refractivity contribution is 7.89. The maximum absolute atomic E-state index is 13.0. The van der Waals surface area contributed by atoms with Crippen molar-refractivity contribution < 1.29 is 26.0 Å². The third kappa shape index (κ3) is 4.17. The monoisotopic (exact) mass is 401 g/mol. The van der Waals surface area contributed by atoms with Crippen LogP contribution in [0.15, 0.2) is 68.8 Å². The number of halogens is 3. The summed E-state index contributed by atoms with van der Waals surface area (Å²) in [5.74, 6) is 0.399. The van der Waals surface area contributed by atoms with Gasteiger partial charge in [-0.3, -0.25) is 0 Å². The Morgan fingerprint density at radius 3 is 2.50 bits per heavy atom. The van der Waals surface area contributed by atoms with Gasteiger partial charge in [-0.05, 0) is 52.7 Å². The van der Waals surface area contributed by atoms with E-state index in [0.717, 1.165) is 28.1 Å². The van der Waals surface area contributed by atoms with Crippen molar-refractivity contribution in [3.8, 4) is 0 Å². The Morgan fingerprint density at radius 2 is 1.88 bits per heavy atom. The molecule has 0 radical (unpaired) electrons. The molecule has 0 saturated carbocycles. The van der Waals surface area contributed by atoms with Gasteiger partial charge in [-0.25, -0.2) is 8.42 Å². The Labute approximate surface area is 152 Å². The van der Waals surface area contributed by atoms with Crippen LogP contribution in [0.4, 0.5) is 13.2 Å². The SMILES string of the molecule is O=S(=O)(c1cccc(C(F)(F)F)c1)N(Cc1ccsc1)Cc1ccco1. The molecule has 0 saturated heterocycles. The summed E-state index contributed by atoms with van der Waals surface area (Å²) in [5.41, 5.74) is -0.260. The molecule has 0 aliphatic heterocycles. The molecule has 3 aromatic rings. The van der Waals surface area contributed by atoms with E-state index in [9.17, 15) is 21.6 Å². The largest absolute Gasteiger partial charge is 0.468 e. The normalized spacial score (nSPS) is 12.6. The number of furan rings is 1. The average molecular weight is 401 g/mol. The summed E-state index contributed by atoms with van der Waals surface area (Å²) < 4.78 is 71.1. The fourth-order valence-corrected chi connectivity index (χ4v) is 4.47. The van der Waals surface area contributed by atoms with Crippen LogP contribution in [0.5, 0.6) is 0 Å². The van der Waals surface area contributed by atoms with Gasteiger partial charge in [0.05, 0.1) is 23.3 Å². The number of sulfonamides is 1. The van der Waals surface area contributed by atoms with Gasteiger partial charge in [0.2, 0.25) is 10.0 Å². The van der Waals surface area contributed by atoms with Crippen LogP contribution >= 0.6 is 11.3 Å². The fraction of sp³-hybridized carbons (Fsp3) is 0.176. The zero-order chi connectivity index (χ0) is 18.8. The van der Waals surface area contributed by atoms with E-state index in [2.05, 4.69) is 0 Å². The lowest BCUT2D eigenvalue weighted by Crippen LogP contribution is -2.30.